The van der Waals surface area contributed by atoms with E-state index in [1.165, 1.54) is 12.1 Å². The molecule has 2 aromatic heterocycles. The summed E-state index contributed by atoms with van der Waals surface area (Å²) in [5, 5.41) is 4.27. The second kappa shape index (κ2) is 6.90. The SMILES string of the molecule is CCn1cc([C@H](NC(=O)C2CCC2)c2ccc(F)cc2)c2ccncc21. The highest BCUT2D eigenvalue weighted by Crippen LogP contribution is 2.33. The van der Waals surface area contributed by atoms with E-state index in [2.05, 4.69) is 28.0 Å². The highest BCUT2D eigenvalue weighted by molar-refractivity contribution is 5.86. The van der Waals surface area contributed by atoms with E-state index in [0.29, 0.717) is 0 Å². The Kier molecular flexibility index (Phi) is 4.45. The summed E-state index contributed by atoms with van der Waals surface area (Å²) in [7, 11) is 0. The molecule has 1 fully saturated rings. The van der Waals surface area contributed by atoms with Gasteiger partial charge in [-0.3, -0.25) is 9.78 Å². The molecule has 1 saturated carbocycles. The Hall–Kier alpha value is -2.69. The van der Waals surface area contributed by atoms with Gasteiger partial charge in [0.25, 0.3) is 0 Å². The summed E-state index contributed by atoms with van der Waals surface area (Å²) in [5.74, 6) is -0.103. The average Bonchev–Trinajstić information content (AvgIpc) is 2.98. The number of carbonyl (C=O) groups excluding carboxylic acids is 1. The summed E-state index contributed by atoms with van der Waals surface area (Å²) in [5.41, 5.74) is 2.93. The molecule has 1 N–H and O–H groups in total. The fourth-order valence-corrected chi connectivity index (χ4v) is 3.58. The molecule has 0 unspecified atom stereocenters. The van der Waals surface area contributed by atoms with E-state index in [0.717, 1.165) is 47.8 Å². The minimum atomic E-state index is -0.304. The lowest BCUT2D eigenvalue weighted by atomic mass is 9.84. The Labute approximate surface area is 152 Å². The smallest absolute Gasteiger partial charge is 0.223 e. The number of amides is 1. The highest BCUT2D eigenvalue weighted by Gasteiger charge is 2.29. The first-order valence-electron chi connectivity index (χ1n) is 9.16. The second-order valence-electron chi connectivity index (χ2n) is 6.88. The fraction of sp³-hybridized carbons (Fsp3) is 0.333. The Morgan fingerprint density at radius 1 is 1.31 bits per heavy atom. The molecule has 0 aliphatic heterocycles. The summed E-state index contributed by atoms with van der Waals surface area (Å²) in [6.07, 6.45) is 8.69. The molecular weight excluding hydrogens is 329 g/mol. The summed E-state index contributed by atoms with van der Waals surface area (Å²) < 4.78 is 15.5. The molecule has 134 valence electrons. The maximum absolute atomic E-state index is 13.4. The molecule has 0 saturated heterocycles. The van der Waals surface area contributed by atoms with Crippen LogP contribution in [0.3, 0.4) is 0 Å². The van der Waals surface area contributed by atoms with Crippen LogP contribution >= 0.6 is 0 Å². The molecule has 1 atom stereocenters. The van der Waals surface area contributed by atoms with Crippen molar-refractivity contribution in [2.24, 2.45) is 5.92 Å². The molecule has 2 heterocycles. The quantitative estimate of drug-likeness (QED) is 0.749. The average molecular weight is 351 g/mol. The zero-order chi connectivity index (χ0) is 18.1. The van der Waals surface area contributed by atoms with Gasteiger partial charge in [-0.15, -0.1) is 0 Å². The number of nitrogens with zero attached hydrogens (tertiary/aromatic N) is 2. The number of hydrogen-bond donors (Lipinski definition) is 1. The van der Waals surface area contributed by atoms with Crippen LogP contribution in [0.15, 0.2) is 48.9 Å². The third-order valence-electron chi connectivity index (χ3n) is 5.33. The molecule has 0 radical (unpaired) electrons. The molecule has 5 heteroatoms. The molecular formula is C21H22FN3O. The first-order chi connectivity index (χ1) is 12.7. The number of fused-ring (bicyclic) bond motifs is 1. The minimum Gasteiger partial charge on any atom is -0.346 e. The number of hydrogen-bond acceptors (Lipinski definition) is 2. The van der Waals surface area contributed by atoms with Gasteiger partial charge in [0.05, 0.1) is 17.8 Å². The van der Waals surface area contributed by atoms with Gasteiger partial charge in [0.1, 0.15) is 5.82 Å². The summed E-state index contributed by atoms with van der Waals surface area (Å²) in [6.45, 7) is 2.89. The second-order valence-corrected chi connectivity index (χ2v) is 6.88. The van der Waals surface area contributed by atoms with Gasteiger partial charge in [-0.2, -0.15) is 0 Å². The van der Waals surface area contributed by atoms with Crippen molar-refractivity contribution in [1.82, 2.24) is 14.9 Å². The first-order valence-corrected chi connectivity index (χ1v) is 9.16. The zero-order valence-electron chi connectivity index (χ0n) is 14.8. The van der Waals surface area contributed by atoms with Gasteiger partial charge in [-0.05, 0) is 43.5 Å². The molecule has 0 bridgehead atoms. The molecule has 0 spiro atoms. The van der Waals surface area contributed by atoms with Crippen molar-refractivity contribution >= 4 is 16.8 Å². The Morgan fingerprint density at radius 3 is 2.73 bits per heavy atom. The maximum atomic E-state index is 13.4. The van der Waals surface area contributed by atoms with E-state index in [-0.39, 0.29) is 23.7 Å². The lowest BCUT2D eigenvalue weighted by molar-refractivity contribution is -0.127. The number of aryl methyl sites for hydroxylation is 1. The van der Waals surface area contributed by atoms with Crippen LogP contribution in [-0.4, -0.2) is 15.5 Å². The van der Waals surface area contributed by atoms with Crippen LogP contribution in [0.2, 0.25) is 0 Å². The lowest BCUT2D eigenvalue weighted by Gasteiger charge is -2.27. The zero-order valence-corrected chi connectivity index (χ0v) is 14.8. The molecule has 4 nitrogen and oxygen atoms in total. The highest BCUT2D eigenvalue weighted by atomic mass is 19.1. The topological polar surface area (TPSA) is 46.9 Å². The standard InChI is InChI=1S/C21H22FN3O/c1-2-25-13-18(17-10-11-23-12-19(17)25)20(14-6-8-16(22)9-7-14)24-21(26)15-4-3-5-15/h6-13,15,20H,2-5H2,1H3,(H,24,26)/t20-/m1/s1. The lowest BCUT2D eigenvalue weighted by Crippen LogP contribution is -2.37. The van der Waals surface area contributed by atoms with Crippen LogP contribution in [0.5, 0.6) is 0 Å². The number of aromatic nitrogens is 2. The number of nitrogens with one attached hydrogen (secondary N) is 1. The third kappa shape index (κ3) is 2.98. The number of halogens is 1. The molecule has 1 amide bonds. The number of benzene rings is 1. The van der Waals surface area contributed by atoms with Gasteiger partial charge in [-0.1, -0.05) is 18.6 Å². The molecule has 1 aliphatic carbocycles. The summed E-state index contributed by atoms with van der Waals surface area (Å²) in [6, 6.07) is 8.05. The van der Waals surface area contributed by atoms with Crippen molar-refractivity contribution in [2.45, 2.75) is 38.8 Å². The fourth-order valence-electron chi connectivity index (χ4n) is 3.58. The van der Waals surface area contributed by atoms with E-state index in [1.807, 2.05) is 12.3 Å². The molecule has 1 aliphatic rings. The number of rotatable bonds is 5. The van der Waals surface area contributed by atoms with Crippen LogP contribution in [0.4, 0.5) is 4.39 Å². The van der Waals surface area contributed by atoms with E-state index in [9.17, 15) is 9.18 Å². The van der Waals surface area contributed by atoms with Crippen LogP contribution < -0.4 is 5.32 Å². The minimum absolute atomic E-state index is 0.0806. The van der Waals surface area contributed by atoms with Crippen molar-refractivity contribution in [3.05, 3.63) is 65.9 Å². The molecule has 1 aromatic carbocycles. The van der Waals surface area contributed by atoms with Crippen molar-refractivity contribution in [1.29, 1.82) is 0 Å². The van der Waals surface area contributed by atoms with Gasteiger partial charge in [0, 0.05) is 35.8 Å². The maximum Gasteiger partial charge on any atom is 0.223 e. The van der Waals surface area contributed by atoms with Gasteiger partial charge in [0.15, 0.2) is 0 Å². The number of carbonyl (C=O) groups is 1. The van der Waals surface area contributed by atoms with E-state index in [4.69, 9.17) is 0 Å². The van der Waals surface area contributed by atoms with E-state index < -0.39 is 0 Å². The van der Waals surface area contributed by atoms with Gasteiger partial charge < -0.3 is 9.88 Å². The predicted octanol–water partition coefficient (Wildman–Crippen LogP) is 4.20. The van der Waals surface area contributed by atoms with Crippen molar-refractivity contribution < 1.29 is 9.18 Å². The van der Waals surface area contributed by atoms with Crippen molar-refractivity contribution in [3.8, 4) is 0 Å². The van der Waals surface area contributed by atoms with E-state index >= 15 is 0 Å². The van der Waals surface area contributed by atoms with Crippen molar-refractivity contribution in [2.75, 3.05) is 0 Å². The van der Waals surface area contributed by atoms with Crippen LogP contribution in [0.1, 0.15) is 43.4 Å². The van der Waals surface area contributed by atoms with Gasteiger partial charge in [0.2, 0.25) is 5.91 Å². The van der Waals surface area contributed by atoms with Gasteiger partial charge >= 0.3 is 0 Å². The van der Waals surface area contributed by atoms with Crippen LogP contribution in [0, 0.1) is 11.7 Å². The monoisotopic (exact) mass is 351 g/mol. The Bertz CT molecular complexity index is 928. The molecule has 4 rings (SSSR count). The predicted molar refractivity (Wildman–Crippen MR) is 99.1 cm³/mol. The number of pyridine rings is 1. The Morgan fingerprint density at radius 2 is 2.08 bits per heavy atom. The van der Waals surface area contributed by atoms with E-state index in [1.54, 1.807) is 18.3 Å². The summed E-state index contributed by atoms with van der Waals surface area (Å²) in [4.78, 5) is 16.9. The molecule has 26 heavy (non-hydrogen) atoms. The summed E-state index contributed by atoms with van der Waals surface area (Å²) >= 11 is 0. The molecule has 3 aromatic rings. The normalized spacial score (nSPS) is 15.6. The van der Waals surface area contributed by atoms with Crippen LogP contribution in [0.25, 0.3) is 10.9 Å². The largest absolute Gasteiger partial charge is 0.346 e. The Balaban J connectivity index is 1.79. The van der Waals surface area contributed by atoms with Crippen LogP contribution in [-0.2, 0) is 11.3 Å². The van der Waals surface area contributed by atoms with Crippen molar-refractivity contribution in [3.63, 3.8) is 0 Å². The van der Waals surface area contributed by atoms with Gasteiger partial charge in [-0.25, -0.2) is 4.39 Å². The first kappa shape index (κ1) is 16.8. The third-order valence-corrected chi connectivity index (χ3v) is 5.33.